The number of halogens is 1. The molecule has 0 spiro atoms. The maximum absolute atomic E-state index is 11.8. The lowest BCUT2D eigenvalue weighted by atomic mass is 10.1. The highest BCUT2D eigenvalue weighted by molar-refractivity contribution is 6.29. The Hall–Kier alpha value is -2.34. The molecule has 0 radical (unpaired) electrons. The largest absolute Gasteiger partial charge is 0.434 e. The molecule has 2 aromatic rings. The minimum atomic E-state index is -0.389. The zero-order valence-corrected chi connectivity index (χ0v) is 12.0. The molecule has 0 bridgehead atoms. The highest BCUT2D eigenvalue weighted by atomic mass is 35.5. The van der Waals surface area contributed by atoms with Crippen molar-refractivity contribution in [1.29, 1.82) is 0 Å². The van der Waals surface area contributed by atoms with Crippen LogP contribution in [0.1, 0.15) is 17.5 Å². The average Bonchev–Trinajstić information content (AvgIpc) is 2.87. The summed E-state index contributed by atoms with van der Waals surface area (Å²) >= 11 is 5.67. The predicted octanol–water partition coefficient (Wildman–Crippen LogP) is 2.51. The van der Waals surface area contributed by atoms with Crippen LogP contribution in [0.2, 0.25) is 5.15 Å². The van der Waals surface area contributed by atoms with Gasteiger partial charge in [0.25, 0.3) is 5.88 Å². The summed E-state index contributed by atoms with van der Waals surface area (Å²) < 4.78 is 5.63. The Labute approximate surface area is 125 Å². The van der Waals surface area contributed by atoms with Gasteiger partial charge in [-0.1, -0.05) is 28.9 Å². The number of nitrogens with zero attached hydrogens (tertiary/aromatic N) is 2. The Morgan fingerprint density at radius 1 is 1.38 bits per heavy atom. The normalized spacial score (nSPS) is 15.0. The number of H-pyrrole nitrogens is 1. The maximum Gasteiger partial charge on any atom is 0.285 e. The number of fused-ring (bicyclic) bond motifs is 1. The molecule has 7 heteroatoms. The van der Waals surface area contributed by atoms with E-state index in [-0.39, 0.29) is 16.5 Å². The molecule has 1 N–H and O–H groups in total. The van der Waals surface area contributed by atoms with Gasteiger partial charge in [-0.15, -0.1) is 5.10 Å². The van der Waals surface area contributed by atoms with Gasteiger partial charge in [-0.25, -0.2) is 0 Å². The lowest BCUT2D eigenvalue weighted by Crippen LogP contribution is -2.09. The molecule has 1 aromatic heterocycles. The van der Waals surface area contributed by atoms with E-state index < -0.39 is 0 Å². The standard InChI is InChI=1S/C14H12ClN3O3/c1-20-18-9-6-5-8-3-2-4-11(13(8)9)21-14-10(19)7-12(15)16-17-14/h2-4,7H,5-6H2,1H3,(H,16,19). The molecule has 108 valence electrons. The number of aryl methyl sites for hydroxylation is 1. The van der Waals surface area contributed by atoms with Crippen LogP contribution >= 0.6 is 11.6 Å². The smallest absolute Gasteiger partial charge is 0.285 e. The van der Waals surface area contributed by atoms with Gasteiger partial charge in [0.1, 0.15) is 18.0 Å². The first-order chi connectivity index (χ1) is 10.2. The molecule has 3 rings (SSSR count). The third kappa shape index (κ3) is 2.62. The quantitative estimate of drug-likeness (QED) is 0.884. The van der Waals surface area contributed by atoms with E-state index in [1.165, 1.54) is 13.2 Å². The highest BCUT2D eigenvalue weighted by Crippen LogP contribution is 2.32. The van der Waals surface area contributed by atoms with Crippen molar-refractivity contribution < 1.29 is 9.57 Å². The molecule has 1 heterocycles. The molecular weight excluding hydrogens is 294 g/mol. The summed E-state index contributed by atoms with van der Waals surface area (Å²) in [6.07, 6.45) is 1.63. The second-order valence-corrected chi connectivity index (χ2v) is 4.91. The topological polar surface area (TPSA) is 76.6 Å². The minimum absolute atomic E-state index is 0.0588. The van der Waals surface area contributed by atoms with Crippen molar-refractivity contribution in [3.05, 3.63) is 50.8 Å². The van der Waals surface area contributed by atoms with Gasteiger partial charge in [-0.2, -0.15) is 0 Å². The number of hydrogen-bond acceptors (Lipinski definition) is 5. The second-order valence-electron chi connectivity index (χ2n) is 4.50. The Morgan fingerprint density at radius 3 is 3.00 bits per heavy atom. The Balaban J connectivity index is 2.03. The van der Waals surface area contributed by atoms with E-state index in [2.05, 4.69) is 15.4 Å². The van der Waals surface area contributed by atoms with Crippen LogP contribution in [-0.4, -0.2) is 23.0 Å². The first-order valence-corrected chi connectivity index (χ1v) is 6.72. The van der Waals surface area contributed by atoms with Crippen LogP contribution in [0.25, 0.3) is 0 Å². The zero-order valence-electron chi connectivity index (χ0n) is 11.2. The average molecular weight is 306 g/mol. The number of rotatable bonds is 3. The fourth-order valence-corrected chi connectivity index (χ4v) is 2.46. The number of oxime groups is 1. The first kappa shape index (κ1) is 13.6. The van der Waals surface area contributed by atoms with E-state index >= 15 is 0 Å². The molecule has 0 fully saturated rings. The van der Waals surface area contributed by atoms with Gasteiger partial charge in [0.05, 0.1) is 5.71 Å². The lowest BCUT2D eigenvalue weighted by molar-refractivity contribution is 0.213. The first-order valence-electron chi connectivity index (χ1n) is 6.34. The van der Waals surface area contributed by atoms with Gasteiger partial charge in [-0.3, -0.25) is 9.89 Å². The van der Waals surface area contributed by atoms with Gasteiger partial charge < -0.3 is 9.57 Å². The summed E-state index contributed by atoms with van der Waals surface area (Å²) in [4.78, 5) is 16.7. The molecule has 0 aliphatic heterocycles. The predicted molar refractivity (Wildman–Crippen MR) is 78.3 cm³/mol. The molecule has 6 nitrogen and oxygen atoms in total. The van der Waals surface area contributed by atoms with Gasteiger partial charge in [-0.05, 0) is 24.5 Å². The zero-order chi connectivity index (χ0) is 14.8. The summed E-state index contributed by atoms with van der Waals surface area (Å²) in [6.45, 7) is 0. The third-order valence-electron chi connectivity index (χ3n) is 3.17. The maximum atomic E-state index is 11.8. The van der Waals surface area contributed by atoms with Crippen molar-refractivity contribution in [2.45, 2.75) is 12.8 Å². The van der Waals surface area contributed by atoms with Crippen LogP contribution in [0.5, 0.6) is 11.6 Å². The van der Waals surface area contributed by atoms with Gasteiger partial charge in [0.2, 0.25) is 5.43 Å². The summed E-state index contributed by atoms with van der Waals surface area (Å²) in [7, 11) is 1.50. The second kappa shape index (κ2) is 5.57. The molecule has 0 saturated carbocycles. The number of benzene rings is 1. The van der Waals surface area contributed by atoms with Crippen LogP contribution in [0.4, 0.5) is 0 Å². The fourth-order valence-electron chi connectivity index (χ4n) is 2.32. The summed E-state index contributed by atoms with van der Waals surface area (Å²) in [5.41, 5.74) is 2.37. The monoisotopic (exact) mass is 305 g/mol. The van der Waals surface area contributed by atoms with E-state index in [9.17, 15) is 4.79 Å². The Morgan fingerprint density at radius 2 is 2.24 bits per heavy atom. The number of ether oxygens (including phenoxy) is 1. The van der Waals surface area contributed by atoms with E-state index in [4.69, 9.17) is 21.2 Å². The van der Waals surface area contributed by atoms with Crippen LogP contribution in [0, 0.1) is 0 Å². The Kier molecular flexibility index (Phi) is 3.62. The van der Waals surface area contributed by atoms with Crippen molar-refractivity contribution in [3.8, 4) is 11.6 Å². The van der Waals surface area contributed by atoms with Crippen LogP contribution < -0.4 is 10.2 Å². The van der Waals surface area contributed by atoms with Crippen molar-refractivity contribution in [3.63, 3.8) is 0 Å². The number of aromatic nitrogens is 2. The summed E-state index contributed by atoms with van der Waals surface area (Å²) in [5, 5.41) is 10.5. The molecular formula is C14H12ClN3O3. The van der Waals surface area contributed by atoms with Crippen molar-refractivity contribution in [2.24, 2.45) is 5.16 Å². The minimum Gasteiger partial charge on any atom is -0.434 e. The number of nitrogens with one attached hydrogen (secondary N) is 1. The molecule has 0 atom stereocenters. The molecule has 1 aromatic carbocycles. The lowest BCUT2D eigenvalue weighted by Gasteiger charge is -2.09. The van der Waals surface area contributed by atoms with E-state index in [1.807, 2.05) is 12.1 Å². The van der Waals surface area contributed by atoms with Crippen LogP contribution in [0.3, 0.4) is 0 Å². The molecule has 1 aliphatic carbocycles. The van der Waals surface area contributed by atoms with Crippen LogP contribution in [0.15, 0.2) is 34.2 Å². The van der Waals surface area contributed by atoms with E-state index in [0.717, 1.165) is 29.7 Å². The van der Waals surface area contributed by atoms with E-state index in [0.29, 0.717) is 5.75 Å². The SMILES string of the molecule is CON=C1CCc2cccc(Oc3n[nH]c(Cl)cc3=O)c21. The number of hydrogen-bond donors (Lipinski definition) is 1. The van der Waals surface area contributed by atoms with Gasteiger partial charge >= 0.3 is 0 Å². The molecule has 0 amide bonds. The van der Waals surface area contributed by atoms with Crippen LogP contribution in [-0.2, 0) is 11.3 Å². The molecule has 0 saturated heterocycles. The van der Waals surface area contributed by atoms with E-state index in [1.54, 1.807) is 6.07 Å². The molecule has 0 unspecified atom stereocenters. The molecule has 21 heavy (non-hydrogen) atoms. The van der Waals surface area contributed by atoms with Gasteiger partial charge in [0, 0.05) is 11.6 Å². The van der Waals surface area contributed by atoms with Crippen molar-refractivity contribution >= 4 is 17.3 Å². The van der Waals surface area contributed by atoms with Gasteiger partial charge in [0.15, 0.2) is 0 Å². The molecule has 1 aliphatic rings. The number of aromatic amines is 1. The summed E-state index contributed by atoms with van der Waals surface area (Å²) in [6, 6.07) is 6.86. The van der Waals surface area contributed by atoms with Crippen molar-refractivity contribution in [1.82, 2.24) is 10.2 Å². The Bertz CT molecular complexity index is 770. The van der Waals surface area contributed by atoms with Crippen molar-refractivity contribution in [2.75, 3.05) is 7.11 Å². The summed E-state index contributed by atoms with van der Waals surface area (Å²) in [5.74, 6) is 0.470. The fraction of sp³-hybridized carbons (Fsp3) is 0.214. The highest BCUT2D eigenvalue weighted by Gasteiger charge is 2.23. The third-order valence-corrected chi connectivity index (χ3v) is 3.37.